The van der Waals surface area contributed by atoms with E-state index in [0.717, 1.165) is 0 Å². The lowest BCUT2D eigenvalue weighted by Gasteiger charge is -2.08. The van der Waals surface area contributed by atoms with E-state index in [1.54, 1.807) is 24.3 Å². The second-order valence-corrected chi connectivity index (χ2v) is 5.70. The number of nitrogens with one attached hydrogen (secondary N) is 2. The zero-order valence-corrected chi connectivity index (χ0v) is 13.6. The molecule has 1 fully saturated rings. The number of carbonyl (C=O) groups is 2. The molecule has 2 atom stereocenters. The molecule has 6 nitrogen and oxygen atoms in total. The highest BCUT2D eigenvalue weighted by Crippen LogP contribution is 2.41. The molecule has 0 aromatic heterocycles. The summed E-state index contributed by atoms with van der Waals surface area (Å²) >= 11 is 0. The molecular formula is C18H18BN2O4. The maximum absolute atomic E-state index is 11.7. The summed E-state index contributed by atoms with van der Waals surface area (Å²) in [6, 6.07) is 18.2. The largest absolute Gasteiger partial charge is 0.450 e. The van der Waals surface area contributed by atoms with Gasteiger partial charge in [0.2, 0.25) is 0 Å². The summed E-state index contributed by atoms with van der Waals surface area (Å²) in [5, 5.41) is 5.29. The van der Waals surface area contributed by atoms with Crippen LogP contribution in [0.3, 0.4) is 0 Å². The van der Waals surface area contributed by atoms with E-state index < -0.39 is 12.2 Å². The van der Waals surface area contributed by atoms with Gasteiger partial charge in [-0.2, -0.15) is 0 Å². The third-order valence-corrected chi connectivity index (χ3v) is 3.76. The molecule has 127 valence electrons. The van der Waals surface area contributed by atoms with Crippen LogP contribution >= 0.6 is 0 Å². The van der Waals surface area contributed by atoms with Gasteiger partial charge in [0.05, 0.1) is 13.2 Å². The Morgan fingerprint density at radius 3 is 1.56 bits per heavy atom. The molecule has 1 aliphatic heterocycles. The van der Waals surface area contributed by atoms with Crippen molar-refractivity contribution in [1.29, 1.82) is 0 Å². The molecule has 0 spiro atoms. The van der Waals surface area contributed by atoms with Gasteiger partial charge < -0.3 is 9.47 Å². The minimum absolute atomic E-state index is 0.117. The maximum Gasteiger partial charge on any atom is 0.411 e. The molecular weight excluding hydrogens is 319 g/mol. The third-order valence-electron chi connectivity index (χ3n) is 3.76. The lowest BCUT2D eigenvalue weighted by molar-refractivity contribution is 0.151. The summed E-state index contributed by atoms with van der Waals surface area (Å²) < 4.78 is 10.3. The first kappa shape index (κ1) is 16.9. The van der Waals surface area contributed by atoms with Crippen LogP contribution in [0.15, 0.2) is 60.7 Å². The highest BCUT2D eigenvalue weighted by Gasteiger charge is 2.40. The van der Waals surface area contributed by atoms with E-state index in [4.69, 9.17) is 9.47 Å². The smallest absolute Gasteiger partial charge is 0.411 e. The summed E-state index contributed by atoms with van der Waals surface area (Å²) in [7, 11) is 1.99. The number of hydrogen-bond donors (Lipinski definition) is 2. The SMILES string of the molecule is O=C(Nc1ccccc1)OCC1[B]C1COC(=O)Nc1ccccc1. The standard InChI is InChI=1S/C18H18BN2O4/c22-17(20-13-7-3-1-4-8-13)24-11-15-16(19-15)12-25-18(23)21-14-9-5-2-6-10-14/h1-10,15-16H,11-12H2,(H,20,22)(H,21,23). The second kappa shape index (κ2) is 8.23. The third kappa shape index (κ3) is 5.56. The van der Waals surface area contributed by atoms with Crippen molar-refractivity contribution in [1.82, 2.24) is 0 Å². The summed E-state index contributed by atoms with van der Waals surface area (Å²) in [4.78, 5) is 23.4. The van der Waals surface area contributed by atoms with Crippen molar-refractivity contribution in [2.45, 2.75) is 11.6 Å². The normalized spacial score (nSPS) is 17.8. The fraction of sp³-hybridized carbons (Fsp3) is 0.222. The highest BCUT2D eigenvalue weighted by atomic mass is 16.6. The topological polar surface area (TPSA) is 76.7 Å². The van der Waals surface area contributed by atoms with E-state index in [1.807, 2.05) is 43.7 Å². The van der Waals surface area contributed by atoms with E-state index in [0.29, 0.717) is 11.4 Å². The number of benzene rings is 2. The number of rotatable bonds is 6. The monoisotopic (exact) mass is 337 g/mol. The lowest BCUT2D eigenvalue weighted by atomic mass is 10.0. The molecule has 2 aromatic carbocycles. The number of amides is 2. The maximum atomic E-state index is 11.7. The number of anilines is 2. The highest BCUT2D eigenvalue weighted by molar-refractivity contribution is 6.54. The molecule has 1 radical (unpaired) electrons. The first-order chi connectivity index (χ1) is 12.2. The number of carbonyl (C=O) groups excluding carboxylic acids is 2. The Labute approximate surface area is 146 Å². The quantitative estimate of drug-likeness (QED) is 0.787. The first-order valence-corrected chi connectivity index (χ1v) is 8.03. The van der Waals surface area contributed by atoms with Crippen LogP contribution in [0.5, 0.6) is 0 Å². The fourth-order valence-electron chi connectivity index (χ4n) is 2.31. The van der Waals surface area contributed by atoms with E-state index >= 15 is 0 Å². The number of ether oxygens (including phenoxy) is 2. The zero-order chi connectivity index (χ0) is 17.5. The Balaban J connectivity index is 1.29. The van der Waals surface area contributed by atoms with Gasteiger partial charge in [0, 0.05) is 11.4 Å². The molecule has 7 heteroatoms. The van der Waals surface area contributed by atoms with E-state index in [1.165, 1.54) is 0 Å². The van der Waals surface area contributed by atoms with E-state index in [9.17, 15) is 9.59 Å². The van der Waals surface area contributed by atoms with Crippen molar-refractivity contribution in [3.05, 3.63) is 60.7 Å². The van der Waals surface area contributed by atoms with Crippen molar-refractivity contribution in [2.24, 2.45) is 0 Å². The van der Waals surface area contributed by atoms with E-state index in [-0.39, 0.29) is 24.8 Å². The van der Waals surface area contributed by atoms with Crippen LogP contribution in [0, 0.1) is 0 Å². The molecule has 3 rings (SSSR count). The Hall–Kier alpha value is -2.96. The lowest BCUT2D eigenvalue weighted by Crippen LogP contribution is -2.15. The van der Waals surface area contributed by atoms with Crippen LogP contribution in [0.25, 0.3) is 0 Å². The van der Waals surface area contributed by atoms with Crippen LogP contribution < -0.4 is 10.6 Å². The Bertz CT molecular complexity index is 650. The predicted octanol–water partition coefficient (Wildman–Crippen LogP) is 3.78. The molecule has 1 aliphatic rings. The van der Waals surface area contributed by atoms with Crippen molar-refractivity contribution >= 4 is 30.8 Å². The molecule has 1 saturated heterocycles. The molecule has 2 amide bonds. The molecule has 0 bridgehead atoms. The van der Waals surface area contributed by atoms with Gasteiger partial charge in [-0.25, -0.2) is 9.59 Å². The Morgan fingerprint density at radius 1 is 0.760 bits per heavy atom. The molecule has 1 heterocycles. The Kier molecular flexibility index (Phi) is 5.56. The van der Waals surface area contributed by atoms with Crippen LogP contribution in [0.1, 0.15) is 0 Å². The molecule has 25 heavy (non-hydrogen) atoms. The first-order valence-electron chi connectivity index (χ1n) is 8.03. The van der Waals surface area contributed by atoms with Gasteiger partial charge in [-0.3, -0.25) is 10.6 Å². The van der Waals surface area contributed by atoms with Crippen molar-refractivity contribution in [3.63, 3.8) is 0 Å². The average molecular weight is 337 g/mol. The van der Waals surface area contributed by atoms with Gasteiger partial charge in [0.15, 0.2) is 0 Å². The van der Waals surface area contributed by atoms with Gasteiger partial charge in [0.25, 0.3) is 0 Å². The minimum atomic E-state index is -0.493. The number of para-hydroxylation sites is 2. The van der Waals surface area contributed by atoms with Gasteiger partial charge in [-0.1, -0.05) is 36.4 Å². The van der Waals surface area contributed by atoms with Gasteiger partial charge >= 0.3 is 12.2 Å². The van der Waals surface area contributed by atoms with Gasteiger partial charge in [-0.05, 0) is 35.9 Å². The van der Waals surface area contributed by atoms with E-state index in [2.05, 4.69) is 10.6 Å². The molecule has 2 N–H and O–H groups in total. The molecule has 2 aromatic rings. The summed E-state index contributed by atoms with van der Waals surface area (Å²) in [5.41, 5.74) is 1.37. The van der Waals surface area contributed by atoms with Crippen molar-refractivity contribution < 1.29 is 19.1 Å². The summed E-state index contributed by atoms with van der Waals surface area (Å²) in [6.07, 6.45) is -0.985. The minimum Gasteiger partial charge on any atom is -0.450 e. The van der Waals surface area contributed by atoms with Crippen LogP contribution in [-0.2, 0) is 9.47 Å². The zero-order valence-electron chi connectivity index (χ0n) is 13.6. The molecule has 2 unspecified atom stereocenters. The van der Waals surface area contributed by atoms with Crippen LogP contribution in [-0.4, -0.2) is 32.7 Å². The van der Waals surface area contributed by atoms with Crippen LogP contribution in [0.2, 0.25) is 11.6 Å². The fourth-order valence-corrected chi connectivity index (χ4v) is 2.31. The van der Waals surface area contributed by atoms with Gasteiger partial charge in [-0.15, -0.1) is 0 Å². The molecule has 0 aliphatic carbocycles. The van der Waals surface area contributed by atoms with Gasteiger partial charge in [0.1, 0.15) is 7.28 Å². The van der Waals surface area contributed by atoms with Crippen LogP contribution in [0.4, 0.5) is 21.0 Å². The molecule has 0 saturated carbocycles. The average Bonchev–Trinajstić information content (AvgIpc) is 3.39. The van der Waals surface area contributed by atoms with Crippen molar-refractivity contribution in [3.8, 4) is 0 Å². The Morgan fingerprint density at radius 2 is 1.16 bits per heavy atom. The van der Waals surface area contributed by atoms with Crippen molar-refractivity contribution in [2.75, 3.05) is 23.8 Å². The predicted molar refractivity (Wildman–Crippen MR) is 96.1 cm³/mol. The summed E-state index contributed by atoms with van der Waals surface area (Å²) in [6.45, 7) is 0.542. The number of hydrogen-bond acceptors (Lipinski definition) is 4. The summed E-state index contributed by atoms with van der Waals surface area (Å²) in [5.74, 6) is 0.233. The second-order valence-electron chi connectivity index (χ2n) is 5.70.